The van der Waals surface area contributed by atoms with E-state index in [2.05, 4.69) is 0 Å². The summed E-state index contributed by atoms with van der Waals surface area (Å²) >= 11 is 5.98. The van der Waals surface area contributed by atoms with E-state index in [1.165, 1.54) is 24.3 Å². The quantitative estimate of drug-likeness (QED) is 0.704. The Morgan fingerprint density at radius 3 is 2.55 bits per heavy atom. The average molecular weight is 307 g/mol. The molecule has 1 aromatic carbocycles. The van der Waals surface area contributed by atoms with E-state index in [4.69, 9.17) is 28.1 Å². The van der Waals surface area contributed by atoms with Crippen molar-refractivity contribution in [3.05, 3.63) is 34.9 Å². The first-order valence-corrected chi connectivity index (χ1v) is 6.97. The summed E-state index contributed by atoms with van der Waals surface area (Å²) in [6.07, 6.45) is -3.07. The zero-order valence-corrected chi connectivity index (χ0v) is 12.2. The molecule has 0 bridgehead atoms. The van der Waals surface area contributed by atoms with Gasteiger partial charge in [0.05, 0.1) is 0 Å². The number of hydrogen-bond donors (Lipinski definition) is 0. The predicted octanol–water partition coefficient (Wildman–Crippen LogP) is 5.13. The molecule has 1 nitrogen and oxygen atoms in total. The van der Waals surface area contributed by atoms with E-state index in [0.29, 0.717) is 17.0 Å². The number of likely N-dealkylation sites (N-methyl/N-ethyl adjacent to an activating group) is 1. The van der Waals surface area contributed by atoms with Crippen molar-refractivity contribution in [1.82, 2.24) is 4.90 Å². The Bertz CT molecular complexity index is 805. The normalized spacial score (nSPS) is 35.9. The van der Waals surface area contributed by atoms with E-state index in [-0.39, 0.29) is 17.7 Å². The minimum atomic E-state index is -3.36. The van der Waals surface area contributed by atoms with Crippen LogP contribution in [0.5, 0.6) is 0 Å². The second kappa shape index (κ2) is 6.49. The van der Waals surface area contributed by atoms with E-state index in [9.17, 15) is 1.37 Å². The fraction of sp³-hybridized carbons (Fsp3) is 0.667. The van der Waals surface area contributed by atoms with Crippen molar-refractivity contribution in [2.75, 3.05) is 14.0 Å². The van der Waals surface area contributed by atoms with E-state index >= 15 is 0 Å². The lowest BCUT2D eigenvalue weighted by Gasteiger charge is -2.51. The smallest absolute Gasteiger partial charge is 0.0476 e. The highest BCUT2D eigenvalue weighted by Gasteiger charge is 2.46. The van der Waals surface area contributed by atoms with Crippen molar-refractivity contribution in [1.29, 1.82) is 0 Å². The average Bonchev–Trinajstić information content (AvgIpc) is 2.50. The maximum atomic E-state index is 9.44. The monoisotopic (exact) mass is 306 g/mol. The lowest BCUT2D eigenvalue weighted by molar-refractivity contribution is 0.0785. The molecule has 0 aromatic heterocycles. The molecule has 0 amide bonds. The fourth-order valence-electron chi connectivity index (χ4n) is 2.76. The summed E-state index contributed by atoms with van der Waals surface area (Å²) in [6.45, 7) is -9.13. The van der Waals surface area contributed by atoms with Crippen molar-refractivity contribution in [3.8, 4) is 0 Å². The van der Waals surface area contributed by atoms with Gasteiger partial charge in [0, 0.05) is 34.3 Å². The Morgan fingerprint density at radius 2 is 2.10 bits per heavy atom. The molecule has 1 aliphatic carbocycles. The topological polar surface area (TPSA) is 3.24 Å². The van der Waals surface area contributed by atoms with Crippen LogP contribution in [-0.2, 0) is 5.41 Å². The van der Waals surface area contributed by atoms with Gasteiger partial charge in [-0.2, -0.15) is 0 Å². The molecule has 2 rings (SSSR count). The van der Waals surface area contributed by atoms with Crippen LogP contribution < -0.4 is 0 Å². The van der Waals surface area contributed by atoms with Gasteiger partial charge in [0.25, 0.3) is 0 Å². The van der Waals surface area contributed by atoms with Gasteiger partial charge in [-0.05, 0) is 56.8 Å². The van der Waals surface area contributed by atoms with Gasteiger partial charge in [0.2, 0.25) is 0 Å². The first-order valence-electron chi connectivity index (χ1n) is 13.1. The molecule has 0 radical (unpaired) electrons. The van der Waals surface area contributed by atoms with Gasteiger partial charge < -0.3 is 4.90 Å². The van der Waals surface area contributed by atoms with Crippen LogP contribution >= 0.6 is 11.6 Å². The molecular weight excluding hydrogens is 266 g/mol. The highest BCUT2D eigenvalue weighted by Crippen LogP contribution is 2.49. The van der Waals surface area contributed by atoms with Crippen LogP contribution in [0.4, 0.5) is 0 Å². The minimum Gasteiger partial charge on any atom is -0.306 e. The van der Waals surface area contributed by atoms with Crippen LogP contribution in [0, 0.1) is 5.89 Å². The Hall–Kier alpha value is -0.530. The summed E-state index contributed by atoms with van der Waals surface area (Å²) in [6, 6.07) is 3.37. The predicted molar refractivity (Wildman–Crippen MR) is 88.5 cm³/mol. The van der Waals surface area contributed by atoms with E-state index in [1.54, 1.807) is 0 Å². The van der Waals surface area contributed by atoms with Gasteiger partial charge in [-0.1, -0.05) is 50.3 Å². The Labute approximate surface area is 147 Å². The van der Waals surface area contributed by atoms with Crippen LogP contribution in [0.3, 0.4) is 0 Å². The fourth-order valence-corrected chi connectivity index (χ4v) is 2.89. The largest absolute Gasteiger partial charge is 0.306 e. The molecule has 0 aliphatic heterocycles. The second-order valence-electron chi connectivity index (χ2n) is 5.13. The molecule has 2 unspecified atom stereocenters. The van der Waals surface area contributed by atoms with E-state index in [0.717, 1.165) is 6.92 Å². The van der Waals surface area contributed by atoms with Crippen LogP contribution in [0.1, 0.15) is 69.2 Å². The molecule has 20 heavy (non-hydrogen) atoms. The molecule has 1 fully saturated rings. The number of benzene rings is 1. The van der Waals surface area contributed by atoms with E-state index < -0.39 is 50.9 Å². The third kappa shape index (κ3) is 3.04. The molecule has 2 heteroatoms. The van der Waals surface area contributed by atoms with Gasteiger partial charge in [0.1, 0.15) is 0 Å². The highest BCUT2D eigenvalue weighted by atomic mass is 35.5. The molecule has 0 heterocycles. The summed E-state index contributed by atoms with van der Waals surface area (Å²) in [5.41, 5.74) is -1.10. The Morgan fingerprint density at radius 1 is 1.40 bits per heavy atom. The molecule has 1 aliphatic rings. The Balaban J connectivity index is 2.91. The first-order chi connectivity index (χ1) is 14.5. The Kier molecular flexibility index (Phi) is 1.92. The number of hydrogen-bond acceptors (Lipinski definition) is 1. The molecule has 2 atom stereocenters. The summed E-state index contributed by atoms with van der Waals surface area (Å²) in [5.74, 6) is -2.98. The number of nitrogens with zero attached hydrogens (tertiary/aromatic N) is 1. The van der Waals surface area contributed by atoms with Gasteiger partial charge >= 0.3 is 0 Å². The van der Waals surface area contributed by atoms with Crippen molar-refractivity contribution in [2.45, 2.75) is 57.3 Å². The molecule has 0 saturated heterocycles. The highest BCUT2D eigenvalue weighted by molar-refractivity contribution is 6.30. The summed E-state index contributed by atoms with van der Waals surface area (Å²) in [4.78, 5) is 0.0154. The third-order valence-corrected chi connectivity index (χ3v) is 4.32. The molecule has 1 saturated carbocycles. The molecule has 1 aromatic rings. The van der Waals surface area contributed by atoms with Gasteiger partial charge in [-0.25, -0.2) is 0 Å². The van der Waals surface area contributed by atoms with Crippen LogP contribution in [0.2, 0.25) is 5.02 Å². The maximum absolute atomic E-state index is 9.44. The summed E-state index contributed by atoms with van der Waals surface area (Å²) in [5, 5.41) is 0.356. The third-order valence-electron chi connectivity index (χ3n) is 4.07. The number of halogens is 1. The van der Waals surface area contributed by atoms with Crippen LogP contribution in [0.15, 0.2) is 24.3 Å². The SMILES string of the molecule is [2H]C([2H])([2H])N(C([2H])([2H])[2H])C([2H])(CC([2H])(C([2H])([2H])[2H])C([2H])([2H])C)C1(c2ccc(Cl)cc2)CCC1. The molecule has 0 spiro atoms. The number of rotatable bonds is 6. The summed E-state index contributed by atoms with van der Waals surface area (Å²) < 4.78 is 106. The van der Waals surface area contributed by atoms with Crippen molar-refractivity contribution < 1.29 is 17.8 Å². The van der Waals surface area contributed by atoms with Gasteiger partial charge in [-0.15, -0.1) is 0 Å². The zero-order chi connectivity index (χ0) is 25.9. The van der Waals surface area contributed by atoms with Crippen molar-refractivity contribution >= 4 is 11.6 Å². The molecule has 112 valence electrons. The zero-order valence-electron chi connectivity index (χ0n) is 24.5. The van der Waals surface area contributed by atoms with E-state index in [1.807, 2.05) is 0 Å². The lowest BCUT2D eigenvalue weighted by Crippen LogP contribution is -2.52. The van der Waals surface area contributed by atoms with Crippen LogP contribution in [-0.4, -0.2) is 24.9 Å². The van der Waals surface area contributed by atoms with Crippen molar-refractivity contribution in [2.24, 2.45) is 5.89 Å². The maximum Gasteiger partial charge on any atom is 0.0476 e. The first kappa shape index (κ1) is 5.93. The molecule has 0 N–H and O–H groups in total. The molecular formula is C18H28ClN. The lowest BCUT2D eigenvalue weighted by atomic mass is 9.58. The van der Waals surface area contributed by atoms with Crippen molar-refractivity contribution in [3.63, 3.8) is 0 Å². The van der Waals surface area contributed by atoms with Gasteiger partial charge in [0.15, 0.2) is 0 Å². The summed E-state index contributed by atoms with van der Waals surface area (Å²) in [7, 11) is 0. The van der Waals surface area contributed by atoms with Gasteiger partial charge in [-0.3, -0.25) is 0 Å². The minimum absolute atomic E-state index is 0.0154. The standard InChI is InChI=1S/C18H28ClN/c1-5-14(2)13-17(20(3)4)18(11-6-12-18)15-7-9-16(19)10-8-15/h7-10,14,17H,5-6,11-13H2,1-4H3/i2D3,3D3,4D3,5D2,14D,17D. The van der Waals surface area contributed by atoms with Crippen LogP contribution in [0.25, 0.3) is 0 Å². The second-order valence-corrected chi connectivity index (χ2v) is 5.57.